The number of ether oxygens (including phenoxy) is 1. The average Bonchev–Trinajstić information content (AvgIpc) is 2.57. The number of carbonyl (C=O) groups is 1. The molecule has 0 saturated carbocycles. The lowest BCUT2D eigenvalue weighted by molar-refractivity contribution is 0.169. The van der Waals surface area contributed by atoms with Gasteiger partial charge in [0, 0.05) is 24.7 Å². The molecular weight excluding hydrogens is 318 g/mol. The molecule has 5 nitrogen and oxygen atoms in total. The van der Waals surface area contributed by atoms with E-state index in [2.05, 4.69) is 10.6 Å². The molecule has 0 radical (unpaired) electrons. The van der Waals surface area contributed by atoms with Crippen LogP contribution in [-0.2, 0) is 6.54 Å². The van der Waals surface area contributed by atoms with Crippen LogP contribution in [0.4, 0.5) is 13.6 Å². The monoisotopic (exact) mass is 336 g/mol. The van der Waals surface area contributed by atoms with E-state index in [4.69, 9.17) is 4.74 Å². The number of benzene rings is 2. The number of aliphatic hydroxyl groups is 1. The number of methoxy groups -OCH3 is 1. The second-order valence-corrected chi connectivity index (χ2v) is 5.10. The van der Waals surface area contributed by atoms with E-state index in [9.17, 15) is 18.7 Å². The molecule has 3 N–H and O–H groups in total. The molecule has 0 fully saturated rings. The Labute approximate surface area is 138 Å². The van der Waals surface area contributed by atoms with Crippen LogP contribution in [0.25, 0.3) is 0 Å². The first-order valence-electron chi connectivity index (χ1n) is 7.27. The number of carbonyl (C=O) groups excluding carboxylic acids is 1. The van der Waals surface area contributed by atoms with Gasteiger partial charge in [0.25, 0.3) is 0 Å². The molecule has 24 heavy (non-hydrogen) atoms. The van der Waals surface area contributed by atoms with Crippen molar-refractivity contribution < 1.29 is 23.4 Å². The molecule has 0 aliphatic rings. The van der Waals surface area contributed by atoms with Crippen LogP contribution in [0.1, 0.15) is 17.2 Å². The molecule has 2 amide bonds. The molecule has 7 heteroatoms. The molecule has 0 aliphatic carbocycles. The van der Waals surface area contributed by atoms with Crippen molar-refractivity contribution in [2.45, 2.75) is 12.6 Å². The fourth-order valence-electron chi connectivity index (χ4n) is 2.13. The molecule has 1 atom stereocenters. The third-order valence-corrected chi connectivity index (χ3v) is 3.34. The number of urea groups is 1. The molecule has 0 saturated heterocycles. The number of hydrogen-bond acceptors (Lipinski definition) is 3. The van der Waals surface area contributed by atoms with Gasteiger partial charge >= 0.3 is 6.03 Å². The van der Waals surface area contributed by atoms with Crippen molar-refractivity contribution in [3.05, 3.63) is 65.2 Å². The van der Waals surface area contributed by atoms with Gasteiger partial charge in [-0.3, -0.25) is 0 Å². The second kappa shape index (κ2) is 8.26. The highest BCUT2D eigenvalue weighted by Crippen LogP contribution is 2.16. The van der Waals surface area contributed by atoms with E-state index in [-0.39, 0.29) is 18.7 Å². The number of aliphatic hydroxyl groups excluding tert-OH is 1. The molecule has 1 unspecified atom stereocenters. The van der Waals surface area contributed by atoms with Crippen LogP contribution in [0, 0.1) is 11.6 Å². The first-order valence-corrected chi connectivity index (χ1v) is 7.27. The summed E-state index contributed by atoms with van der Waals surface area (Å²) in [4.78, 5) is 11.7. The zero-order valence-electron chi connectivity index (χ0n) is 13.1. The highest BCUT2D eigenvalue weighted by Gasteiger charge is 2.13. The van der Waals surface area contributed by atoms with Gasteiger partial charge in [0.05, 0.1) is 13.2 Å². The van der Waals surface area contributed by atoms with Crippen molar-refractivity contribution in [3.8, 4) is 5.75 Å². The van der Waals surface area contributed by atoms with Crippen molar-refractivity contribution >= 4 is 6.03 Å². The average molecular weight is 336 g/mol. The van der Waals surface area contributed by atoms with Gasteiger partial charge in [-0.2, -0.15) is 0 Å². The SMILES string of the molecule is COc1cc(F)cc(CNC(=O)NCC(O)c2ccccc2F)c1. The van der Waals surface area contributed by atoms with Crippen LogP contribution in [0.15, 0.2) is 42.5 Å². The molecule has 2 aromatic rings. The summed E-state index contributed by atoms with van der Waals surface area (Å²) >= 11 is 0. The van der Waals surface area contributed by atoms with Gasteiger partial charge in [0.2, 0.25) is 0 Å². The number of rotatable bonds is 6. The third-order valence-electron chi connectivity index (χ3n) is 3.34. The first kappa shape index (κ1) is 17.7. The molecular formula is C17H18F2N2O3. The van der Waals surface area contributed by atoms with E-state index in [1.54, 1.807) is 12.1 Å². The van der Waals surface area contributed by atoms with Gasteiger partial charge in [-0.05, 0) is 23.8 Å². The predicted octanol–water partition coefficient (Wildman–Crippen LogP) is 2.51. The maximum Gasteiger partial charge on any atom is 0.315 e. The molecule has 0 aromatic heterocycles. The van der Waals surface area contributed by atoms with Crippen LogP contribution in [-0.4, -0.2) is 24.8 Å². The fraction of sp³-hybridized carbons (Fsp3) is 0.235. The molecule has 0 aliphatic heterocycles. The van der Waals surface area contributed by atoms with Crippen molar-refractivity contribution in [1.82, 2.24) is 10.6 Å². The van der Waals surface area contributed by atoms with E-state index in [1.165, 1.54) is 37.4 Å². The third kappa shape index (κ3) is 4.92. The Balaban J connectivity index is 1.83. The van der Waals surface area contributed by atoms with Crippen molar-refractivity contribution in [3.63, 3.8) is 0 Å². The topological polar surface area (TPSA) is 70.6 Å². The van der Waals surface area contributed by atoms with Crippen molar-refractivity contribution in [2.24, 2.45) is 0 Å². The maximum absolute atomic E-state index is 13.5. The maximum atomic E-state index is 13.5. The molecule has 0 bridgehead atoms. The Morgan fingerprint density at radius 1 is 1.21 bits per heavy atom. The summed E-state index contributed by atoms with van der Waals surface area (Å²) < 4.78 is 31.8. The minimum absolute atomic E-state index is 0.0791. The molecule has 2 aromatic carbocycles. The first-order chi connectivity index (χ1) is 11.5. The summed E-state index contributed by atoms with van der Waals surface area (Å²) in [6.07, 6.45) is -1.16. The smallest absolute Gasteiger partial charge is 0.315 e. The molecule has 0 spiro atoms. The van der Waals surface area contributed by atoms with E-state index >= 15 is 0 Å². The van der Waals surface area contributed by atoms with Crippen LogP contribution in [0.5, 0.6) is 5.75 Å². The Hall–Kier alpha value is -2.67. The van der Waals surface area contributed by atoms with Crippen molar-refractivity contribution in [2.75, 3.05) is 13.7 Å². The highest BCUT2D eigenvalue weighted by atomic mass is 19.1. The quantitative estimate of drug-likeness (QED) is 0.759. The second-order valence-electron chi connectivity index (χ2n) is 5.10. The lowest BCUT2D eigenvalue weighted by Gasteiger charge is -2.14. The predicted molar refractivity (Wildman–Crippen MR) is 84.6 cm³/mol. The summed E-state index contributed by atoms with van der Waals surface area (Å²) in [5.41, 5.74) is 0.629. The van der Waals surface area contributed by atoms with Crippen molar-refractivity contribution in [1.29, 1.82) is 0 Å². The number of nitrogens with one attached hydrogen (secondary N) is 2. The summed E-state index contributed by atoms with van der Waals surface area (Å²) in [7, 11) is 1.42. The number of amides is 2. The molecule has 0 heterocycles. The number of hydrogen-bond donors (Lipinski definition) is 3. The van der Waals surface area contributed by atoms with Crippen LogP contribution in [0.2, 0.25) is 0 Å². The summed E-state index contributed by atoms with van der Waals surface area (Å²) in [6.45, 7) is -0.0744. The lowest BCUT2D eigenvalue weighted by atomic mass is 10.1. The van der Waals surface area contributed by atoms with Crippen LogP contribution < -0.4 is 15.4 Å². The summed E-state index contributed by atoms with van der Waals surface area (Å²) in [6, 6.07) is 9.32. The van der Waals surface area contributed by atoms with Gasteiger partial charge in [-0.1, -0.05) is 18.2 Å². The van der Waals surface area contributed by atoms with Gasteiger partial charge in [0.1, 0.15) is 17.4 Å². The van der Waals surface area contributed by atoms with E-state index in [0.717, 1.165) is 0 Å². The molecule has 2 rings (SSSR count). The van der Waals surface area contributed by atoms with E-state index < -0.39 is 23.8 Å². The Morgan fingerprint density at radius 3 is 2.67 bits per heavy atom. The van der Waals surface area contributed by atoms with Gasteiger partial charge in [-0.15, -0.1) is 0 Å². The van der Waals surface area contributed by atoms with E-state index in [0.29, 0.717) is 11.3 Å². The standard InChI is InChI=1S/C17H18F2N2O3/c1-24-13-7-11(6-12(18)8-13)9-20-17(23)21-10-16(22)14-4-2-3-5-15(14)19/h2-8,16,22H,9-10H2,1H3,(H2,20,21,23). The lowest BCUT2D eigenvalue weighted by Crippen LogP contribution is -2.37. The number of halogens is 2. The van der Waals surface area contributed by atoms with E-state index in [1.807, 2.05) is 0 Å². The van der Waals surface area contributed by atoms with Gasteiger partial charge < -0.3 is 20.5 Å². The summed E-state index contributed by atoms with van der Waals surface area (Å²) in [5, 5.41) is 14.8. The largest absolute Gasteiger partial charge is 0.497 e. The Morgan fingerprint density at radius 2 is 1.96 bits per heavy atom. The Bertz CT molecular complexity index is 710. The van der Waals surface area contributed by atoms with Gasteiger partial charge in [-0.25, -0.2) is 13.6 Å². The zero-order valence-corrected chi connectivity index (χ0v) is 13.1. The minimum atomic E-state index is -1.16. The fourth-order valence-corrected chi connectivity index (χ4v) is 2.13. The minimum Gasteiger partial charge on any atom is -0.497 e. The van der Waals surface area contributed by atoms with Gasteiger partial charge in [0.15, 0.2) is 0 Å². The van der Waals surface area contributed by atoms with Crippen LogP contribution >= 0.6 is 0 Å². The normalized spacial score (nSPS) is 11.7. The highest BCUT2D eigenvalue weighted by molar-refractivity contribution is 5.73. The summed E-state index contributed by atoms with van der Waals surface area (Å²) in [5.74, 6) is -0.664. The Kier molecular flexibility index (Phi) is 6.08. The zero-order chi connectivity index (χ0) is 17.5. The van der Waals surface area contributed by atoms with Crippen LogP contribution in [0.3, 0.4) is 0 Å². The molecule has 128 valence electrons.